The summed E-state index contributed by atoms with van der Waals surface area (Å²) in [5.41, 5.74) is 2.02. The van der Waals surface area contributed by atoms with E-state index in [1.54, 1.807) is 25.1 Å². The number of thiazole rings is 1. The van der Waals surface area contributed by atoms with Gasteiger partial charge in [0, 0.05) is 17.3 Å². The van der Waals surface area contributed by atoms with Crippen molar-refractivity contribution in [1.29, 1.82) is 0 Å². The van der Waals surface area contributed by atoms with Crippen molar-refractivity contribution in [1.82, 2.24) is 15.6 Å². The van der Waals surface area contributed by atoms with Gasteiger partial charge in [-0.3, -0.25) is 9.59 Å². The fraction of sp³-hybridized carbons (Fsp3) is 0.389. The zero-order valence-corrected chi connectivity index (χ0v) is 15.2. The van der Waals surface area contributed by atoms with E-state index in [2.05, 4.69) is 15.6 Å². The maximum Gasteiger partial charge on any atom is 0.249 e. The molecule has 1 aliphatic heterocycles. The normalized spacial score (nSPS) is 18.4. The lowest BCUT2D eigenvalue weighted by Crippen LogP contribution is -2.52. The molecule has 2 atom stereocenters. The van der Waals surface area contributed by atoms with Crippen LogP contribution in [0.3, 0.4) is 0 Å². The van der Waals surface area contributed by atoms with E-state index in [9.17, 15) is 9.59 Å². The van der Waals surface area contributed by atoms with Crippen LogP contribution < -0.4 is 15.5 Å². The van der Waals surface area contributed by atoms with E-state index in [0.29, 0.717) is 13.0 Å². The van der Waals surface area contributed by atoms with E-state index in [4.69, 9.17) is 0 Å². The van der Waals surface area contributed by atoms with E-state index >= 15 is 0 Å². The van der Waals surface area contributed by atoms with Crippen molar-refractivity contribution in [2.45, 2.75) is 38.4 Å². The highest BCUT2D eigenvalue weighted by molar-refractivity contribution is 7.09. The fourth-order valence-corrected chi connectivity index (χ4v) is 3.51. The number of nitrogens with zero attached hydrogens (tertiary/aromatic N) is 2. The molecule has 0 radical (unpaired) electrons. The van der Waals surface area contributed by atoms with Crippen molar-refractivity contribution in [3.05, 3.63) is 46.4 Å². The molecular weight excluding hydrogens is 336 g/mol. The average molecular weight is 358 g/mol. The largest absolute Gasteiger partial charge is 0.343 e. The number of aryl methyl sites for hydroxylation is 1. The Bertz CT molecular complexity index is 747. The first-order valence-corrected chi connectivity index (χ1v) is 9.23. The van der Waals surface area contributed by atoms with Gasteiger partial charge in [-0.05, 0) is 38.4 Å². The molecule has 2 aromatic rings. The first-order chi connectivity index (χ1) is 12.1. The summed E-state index contributed by atoms with van der Waals surface area (Å²) in [7, 11) is 1.73. The Morgan fingerprint density at radius 2 is 2.24 bits per heavy atom. The summed E-state index contributed by atoms with van der Waals surface area (Å²) < 4.78 is 0. The Labute approximate surface area is 151 Å². The lowest BCUT2D eigenvalue weighted by atomic mass is 10.1. The van der Waals surface area contributed by atoms with Gasteiger partial charge in [-0.25, -0.2) is 4.98 Å². The number of aromatic nitrogens is 1. The third-order valence-electron chi connectivity index (χ3n) is 4.47. The van der Waals surface area contributed by atoms with E-state index in [1.165, 1.54) is 11.3 Å². The third kappa shape index (κ3) is 3.88. The highest BCUT2D eigenvalue weighted by Crippen LogP contribution is 2.28. The number of hydrogen-bond donors (Lipinski definition) is 2. The van der Waals surface area contributed by atoms with Crippen LogP contribution in [0, 0.1) is 0 Å². The number of rotatable bonds is 5. The molecule has 0 fully saturated rings. The van der Waals surface area contributed by atoms with E-state index in [0.717, 1.165) is 22.7 Å². The van der Waals surface area contributed by atoms with E-state index < -0.39 is 6.04 Å². The number of hydrogen-bond acceptors (Lipinski definition) is 5. The molecule has 1 aliphatic rings. The number of carbonyl (C=O) groups is 2. The minimum absolute atomic E-state index is 0.0863. The van der Waals surface area contributed by atoms with Crippen molar-refractivity contribution >= 4 is 28.8 Å². The summed E-state index contributed by atoms with van der Waals surface area (Å²) in [5, 5.41) is 8.57. The van der Waals surface area contributed by atoms with Gasteiger partial charge in [-0.1, -0.05) is 18.2 Å². The van der Waals surface area contributed by atoms with Gasteiger partial charge in [-0.2, -0.15) is 0 Å². The number of amides is 2. The van der Waals surface area contributed by atoms with Gasteiger partial charge in [0.15, 0.2) is 0 Å². The molecule has 0 saturated carbocycles. The molecule has 1 aromatic carbocycles. The summed E-state index contributed by atoms with van der Waals surface area (Å²) in [6.07, 6.45) is 3.07. The van der Waals surface area contributed by atoms with Crippen molar-refractivity contribution in [3.8, 4) is 0 Å². The maximum absolute atomic E-state index is 13.1. The molecule has 0 saturated heterocycles. The Hall–Kier alpha value is -2.25. The second kappa shape index (κ2) is 7.76. The molecule has 6 nitrogen and oxygen atoms in total. The van der Waals surface area contributed by atoms with Gasteiger partial charge in [0.25, 0.3) is 0 Å². The van der Waals surface area contributed by atoms with Crippen molar-refractivity contribution < 1.29 is 9.59 Å². The van der Waals surface area contributed by atoms with Crippen LogP contribution in [-0.2, 0) is 22.6 Å². The predicted molar refractivity (Wildman–Crippen MR) is 98.5 cm³/mol. The number of fused-ring (bicyclic) bond motifs is 1. The maximum atomic E-state index is 13.1. The van der Waals surface area contributed by atoms with Gasteiger partial charge >= 0.3 is 0 Å². The summed E-state index contributed by atoms with van der Waals surface area (Å²) in [4.78, 5) is 31.4. The monoisotopic (exact) mass is 358 g/mol. The summed E-state index contributed by atoms with van der Waals surface area (Å²) in [6.45, 7) is 2.19. The standard InChI is InChI=1S/C18H22N4O2S/c1-12(19-2)17(23)21-14-8-7-13-5-3-4-6-15(13)22(18(14)24)11-16-20-9-10-25-16/h3-6,9-10,12,14,19H,7-8,11H2,1-2H3,(H,21,23)/t12-,14-/m0/s1. The van der Waals surface area contributed by atoms with Crippen LogP contribution in [-0.4, -0.2) is 35.9 Å². The lowest BCUT2D eigenvalue weighted by Gasteiger charge is -2.26. The van der Waals surface area contributed by atoms with Gasteiger partial charge < -0.3 is 15.5 Å². The highest BCUT2D eigenvalue weighted by Gasteiger charge is 2.32. The molecular formula is C18H22N4O2S. The van der Waals surface area contributed by atoms with Gasteiger partial charge in [0.05, 0.1) is 12.6 Å². The zero-order valence-electron chi connectivity index (χ0n) is 14.4. The van der Waals surface area contributed by atoms with E-state index in [1.807, 2.05) is 29.6 Å². The number of carbonyl (C=O) groups excluding carboxylic acids is 2. The first-order valence-electron chi connectivity index (χ1n) is 8.35. The van der Waals surface area contributed by atoms with Gasteiger partial charge in [0.2, 0.25) is 11.8 Å². The Balaban J connectivity index is 1.88. The molecule has 1 aromatic heterocycles. The average Bonchev–Trinajstić information content (AvgIpc) is 3.11. The topological polar surface area (TPSA) is 74.3 Å². The quantitative estimate of drug-likeness (QED) is 0.853. The summed E-state index contributed by atoms with van der Waals surface area (Å²) >= 11 is 1.52. The molecule has 2 N–H and O–H groups in total. The molecule has 2 heterocycles. The van der Waals surface area contributed by atoms with Crippen molar-refractivity contribution in [2.75, 3.05) is 11.9 Å². The van der Waals surface area contributed by atoms with Gasteiger partial charge in [-0.15, -0.1) is 11.3 Å². The first kappa shape index (κ1) is 17.6. The van der Waals surface area contributed by atoms with Crippen LogP contribution in [0.15, 0.2) is 35.8 Å². The highest BCUT2D eigenvalue weighted by atomic mass is 32.1. The van der Waals surface area contributed by atoms with Crippen LogP contribution in [0.1, 0.15) is 23.9 Å². The third-order valence-corrected chi connectivity index (χ3v) is 5.23. The minimum Gasteiger partial charge on any atom is -0.343 e. The van der Waals surface area contributed by atoms with Crippen LogP contribution in [0.4, 0.5) is 5.69 Å². The number of anilines is 1. The van der Waals surface area contributed by atoms with Crippen LogP contribution in [0.25, 0.3) is 0 Å². The van der Waals surface area contributed by atoms with Crippen molar-refractivity contribution in [3.63, 3.8) is 0 Å². The smallest absolute Gasteiger partial charge is 0.249 e. The zero-order chi connectivity index (χ0) is 17.8. The van der Waals surface area contributed by atoms with Crippen LogP contribution in [0.5, 0.6) is 0 Å². The lowest BCUT2D eigenvalue weighted by molar-refractivity contribution is -0.128. The minimum atomic E-state index is -0.532. The van der Waals surface area contributed by atoms with Crippen LogP contribution in [0.2, 0.25) is 0 Å². The molecule has 0 aliphatic carbocycles. The molecule has 3 rings (SSSR count). The molecule has 7 heteroatoms. The molecule has 0 bridgehead atoms. The second-order valence-electron chi connectivity index (χ2n) is 6.09. The molecule has 0 unspecified atom stereocenters. The fourth-order valence-electron chi connectivity index (χ4n) is 2.91. The number of nitrogens with one attached hydrogen (secondary N) is 2. The Morgan fingerprint density at radius 3 is 2.96 bits per heavy atom. The SMILES string of the molecule is CN[C@@H](C)C(=O)N[C@H]1CCc2ccccc2N(Cc2nccs2)C1=O. The number of para-hydroxylation sites is 1. The van der Waals surface area contributed by atoms with Gasteiger partial charge in [0.1, 0.15) is 11.0 Å². The summed E-state index contributed by atoms with van der Waals surface area (Å²) in [6, 6.07) is 7.04. The Morgan fingerprint density at radius 1 is 1.44 bits per heavy atom. The van der Waals surface area contributed by atoms with E-state index in [-0.39, 0.29) is 17.9 Å². The molecule has 132 valence electrons. The molecule has 0 spiro atoms. The number of likely N-dealkylation sites (N-methyl/N-ethyl adjacent to an activating group) is 1. The Kier molecular flexibility index (Phi) is 5.45. The van der Waals surface area contributed by atoms with Crippen LogP contribution >= 0.6 is 11.3 Å². The molecule has 2 amide bonds. The van der Waals surface area contributed by atoms with Crippen molar-refractivity contribution in [2.24, 2.45) is 0 Å². The molecule has 25 heavy (non-hydrogen) atoms. The summed E-state index contributed by atoms with van der Waals surface area (Å²) in [5.74, 6) is -0.252. The second-order valence-corrected chi connectivity index (χ2v) is 7.07. The predicted octanol–water partition coefficient (Wildman–Crippen LogP) is 1.72. The number of benzene rings is 1.